The summed E-state index contributed by atoms with van der Waals surface area (Å²) >= 11 is 0. The van der Waals surface area contributed by atoms with Crippen LogP contribution in [0.4, 0.5) is 5.95 Å². The number of fused-ring (bicyclic) bond motifs is 2. The van der Waals surface area contributed by atoms with E-state index in [1.54, 1.807) is 7.11 Å². The molecule has 3 aromatic rings. The van der Waals surface area contributed by atoms with Crippen molar-refractivity contribution in [2.45, 2.75) is 38.1 Å². The fraction of sp³-hybridized carbons (Fsp3) is 0.391. The van der Waals surface area contributed by atoms with Crippen molar-refractivity contribution in [2.75, 3.05) is 19.0 Å². The van der Waals surface area contributed by atoms with E-state index in [4.69, 9.17) is 14.5 Å². The minimum absolute atomic E-state index is 0.0407. The number of rotatable bonds is 4. The Hall–Kier alpha value is -3.02. The fourth-order valence-corrected chi connectivity index (χ4v) is 4.52. The second-order valence-corrected chi connectivity index (χ2v) is 7.91. The number of carbonyl (C=O) groups excluding carboxylic acids is 1. The zero-order valence-corrected chi connectivity index (χ0v) is 16.6. The number of anilines is 1. The highest BCUT2D eigenvalue weighted by Gasteiger charge is 2.29. The van der Waals surface area contributed by atoms with Crippen molar-refractivity contribution in [2.24, 2.45) is 5.92 Å². The monoisotopic (exact) mass is 391 g/mol. The molecule has 150 valence electrons. The van der Waals surface area contributed by atoms with Crippen molar-refractivity contribution in [3.8, 4) is 11.5 Å². The molecule has 1 aliphatic carbocycles. The van der Waals surface area contributed by atoms with Crippen LogP contribution in [-0.2, 0) is 11.2 Å². The zero-order chi connectivity index (χ0) is 19.8. The van der Waals surface area contributed by atoms with Crippen LogP contribution in [0.3, 0.4) is 0 Å². The normalized spacial score (nSPS) is 19.0. The molecule has 2 heterocycles. The van der Waals surface area contributed by atoms with Gasteiger partial charge in [0.2, 0.25) is 11.9 Å². The molecule has 0 radical (unpaired) electrons. The fourth-order valence-electron chi connectivity index (χ4n) is 4.52. The van der Waals surface area contributed by atoms with E-state index < -0.39 is 0 Å². The van der Waals surface area contributed by atoms with Crippen LogP contribution in [0.15, 0.2) is 42.5 Å². The van der Waals surface area contributed by atoms with Crippen molar-refractivity contribution < 1.29 is 14.3 Å². The summed E-state index contributed by atoms with van der Waals surface area (Å²) in [5.74, 6) is 1.93. The summed E-state index contributed by atoms with van der Waals surface area (Å²) in [6.45, 7) is 0.357. The molecule has 1 aliphatic heterocycles. The highest BCUT2D eigenvalue weighted by atomic mass is 16.5. The Morgan fingerprint density at radius 1 is 1.21 bits per heavy atom. The number of hydrogen-bond acceptors (Lipinski definition) is 4. The average molecular weight is 391 g/mol. The van der Waals surface area contributed by atoms with Gasteiger partial charge in [-0.3, -0.25) is 10.1 Å². The third-order valence-electron chi connectivity index (χ3n) is 6.07. The van der Waals surface area contributed by atoms with Crippen molar-refractivity contribution in [3.05, 3.63) is 48.0 Å². The first-order chi connectivity index (χ1) is 14.2. The second-order valence-electron chi connectivity index (χ2n) is 7.91. The number of ether oxygens (including phenoxy) is 2. The van der Waals surface area contributed by atoms with Crippen LogP contribution in [0, 0.1) is 5.92 Å². The average Bonchev–Trinajstić information content (AvgIpc) is 3.40. The van der Waals surface area contributed by atoms with Crippen molar-refractivity contribution in [1.29, 1.82) is 0 Å². The minimum atomic E-state index is -0.243. The van der Waals surface area contributed by atoms with Gasteiger partial charge >= 0.3 is 0 Å². The number of benzene rings is 2. The van der Waals surface area contributed by atoms with E-state index in [0.717, 1.165) is 40.9 Å². The molecule has 1 N–H and O–H groups in total. The lowest BCUT2D eigenvalue weighted by Gasteiger charge is -2.25. The number of amides is 1. The molecule has 6 heteroatoms. The molecule has 2 aliphatic rings. The number of imidazole rings is 1. The van der Waals surface area contributed by atoms with E-state index in [-0.39, 0.29) is 11.8 Å². The SMILES string of the molecule is COc1ccc2c(c1)OCC(C(=O)Nc1nc3ccccc3n1C1CCCC1)C2. The lowest BCUT2D eigenvalue weighted by Crippen LogP contribution is -2.33. The van der Waals surface area contributed by atoms with E-state index >= 15 is 0 Å². The highest BCUT2D eigenvalue weighted by Crippen LogP contribution is 2.36. The number of hydrogen-bond donors (Lipinski definition) is 1. The Balaban J connectivity index is 1.39. The number of nitrogens with zero attached hydrogens (tertiary/aromatic N) is 2. The largest absolute Gasteiger partial charge is 0.497 e. The van der Waals surface area contributed by atoms with Gasteiger partial charge in [-0.1, -0.05) is 31.0 Å². The van der Waals surface area contributed by atoms with Gasteiger partial charge in [0.05, 0.1) is 24.1 Å². The van der Waals surface area contributed by atoms with Crippen molar-refractivity contribution >= 4 is 22.9 Å². The Morgan fingerprint density at radius 2 is 2.03 bits per heavy atom. The molecule has 1 saturated carbocycles. The van der Waals surface area contributed by atoms with Crippen LogP contribution in [0.25, 0.3) is 11.0 Å². The molecule has 1 unspecified atom stereocenters. The summed E-state index contributed by atoms with van der Waals surface area (Å²) < 4.78 is 13.3. The lowest BCUT2D eigenvalue weighted by atomic mass is 9.96. The Kier molecular flexibility index (Phi) is 4.62. The minimum Gasteiger partial charge on any atom is -0.497 e. The molecular weight excluding hydrogens is 366 g/mol. The molecule has 29 heavy (non-hydrogen) atoms. The van der Waals surface area contributed by atoms with E-state index in [0.29, 0.717) is 25.0 Å². The van der Waals surface area contributed by atoms with Crippen LogP contribution >= 0.6 is 0 Å². The van der Waals surface area contributed by atoms with Gasteiger partial charge in [-0.2, -0.15) is 0 Å². The van der Waals surface area contributed by atoms with Crippen LogP contribution in [0.2, 0.25) is 0 Å². The predicted molar refractivity (Wildman–Crippen MR) is 112 cm³/mol. The summed E-state index contributed by atoms with van der Waals surface area (Å²) in [5.41, 5.74) is 3.04. The maximum Gasteiger partial charge on any atom is 0.233 e. The second kappa shape index (κ2) is 7.43. The van der Waals surface area contributed by atoms with Gasteiger partial charge in [-0.25, -0.2) is 4.98 Å². The molecule has 1 amide bonds. The molecule has 1 aromatic heterocycles. The van der Waals surface area contributed by atoms with Gasteiger partial charge in [0.25, 0.3) is 0 Å². The molecule has 0 spiro atoms. The number of methoxy groups -OCH3 is 1. The van der Waals surface area contributed by atoms with E-state index in [9.17, 15) is 4.79 Å². The molecular formula is C23H25N3O3. The maximum atomic E-state index is 13.1. The highest BCUT2D eigenvalue weighted by molar-refractivity contribution is 5.93. The molecule has 2 aromatic carbocycles. The number of nitrogens with one attached hydrogen (secondary N) is 1. The Labute approximate surface area is 169 Å². The van der Waals surface area contributed by atoms with Crippen LogP contribution < -0.4 is 14.8 Å². The molecule has 0 saturated heterocycles. The standard InChI is InChI=1S/C23H25N3O3/c1-28-18-11-10-15-12-16(14-29-21(15)13-18)22(27)25-23-24-19-8-4-5-9-20(19)26(23)17-6-2-3-7-17/h4-5,8-11,13,16-17H,2-3,6-7,12,14H2,1H3,(H,24,25,27). The summed E-state index contributed by atoms with van der Waals surface area (Å²) in [6, 6.07) is 14.3. The van der Waals surface area contributed by atoms with Crippen molar-refractivity contribution in [1.82, 2.24) is 9.55 Å². The Bertz CT molecular complexity index is 1050. The van der Waals surface area contributed by atoms with Gasteiger partial charge in [0, 0.05) is 12.1 Å². The Morgan fingerprint density at radius 3 is 2.86 bits per heavy atom. The maximum absolute atomic E-state index is 13.1. The van der Waals surface area contributed by atoms with E-state index in [1.165, 1.54) is 12.8 Å². The molecule has 5 rings (SSSR count). The number of aromatic nitrogens is 2. The zero-order valence-electron chi connectivity index (χ0n) is 16.6. The van der Waals surface area contributed by atoms with Crippen LogP contribution in [-0.4, -0.2) is 29.2 Å². The predicted octanol–water partition coefficient (Wildman–Crippen LogP) is 4.35. The third-order valence-corrected chi connectivity index (χ3v) is 6.07. The molecule has 0 bridgehead atoms. The van der Waals surface area contributed by atoms with E-state index in [2.05, 4.69) is 16.0 Å². The first kappa shape index (κ1) is 18.0. The summed E-state index contributed by atoms with van der Waals surface area (Å²) in [5, 5.41) is 3.11. The third kappa shape index (κ3) is 3.33. The van der Waals surface area contributed by atoms with Crippen LogP contribution in [0.1, 0.15) is 37.3 Å². The summed E-state index contributed by atoms with van der Waals surface area (Å²) in [7, 11) is 1.64. The van der Waals surface area contributed by atoms with Crippen LogP contribution in [0.5, 0.6) is 11.5 Å². The van der Waals surface area contributed by atoms with Gasteiger partial charge in [-0.15, -0.1) is 0 Å². The van der Waals surface area contributed by atoms with Crippen molar-refractivity contribution in [3.63, 3.8) is 0 Å². The van der Waals surface area contributed by atoms with E-state index in [1.807, 2.05) is 36.4 Å². The molecule has 6 nitrogen and oxygen atoms in total. The smallest absolute Gasteiger partial charge is 0.233 e. The number of carbonyl (C=O) groups is 1. The molecule has 1 atom stereocenters. The first-order valence-electron chi connectivity index (χ1n) is 10.3. The molecule has 1 fully saturated rings. The number of para-hydroxylation sites is 2. The topological polar surface area (TPSA) is 65.4 Å². The van der Waals surface area contributed by atoms with Gasteiger partial charge < -0.3 is 14.0 Å². The lowest BCUT2D eigenvalue weighted by molar-refractivity contribution is -0.121. The quantitative estimate of drug-likeness (QED) is 0.718. The summed E-state index contributed by atoms with van der Waals surface area (Å²) in [6.07, 6.45) is 5.35. The van der Waals surface area contributed by atoms with Gasteiger partial charge in [-0.05, 0) is 43.0 Å². The van der Waals surface area contributed by atoms with Gasteiger partial charge in [0.15, 0.2) is 0 Å². The first-order valence-corrected chi connectivity index (χ1v) is 10.3. The summed E-state index contributed by atoms with van der Waals surface area (Å²) in [4.78, 5) is 17.8. The van der Waals surface area contributed by atoms with Gasteiger partial charge in [0.1, 0.15) is 18.1 Å².